The van der Waals surface area contributed by atoms with Crippen molar-refractivity contribution in [2.45, 2.75) is 6.42 Å². The molecule has 0 aromatic carbocycles. The zero-order valence-corrected chi connectivity index (χ0v) is 5.87. The van der Waals surface area contributed by atoms with Crippen LogP contribution in [0.2, 0.25) is 0 Å². The van der Waals surface area contributed by atoms with Gasteiger partial charge in [-0.05, 0) is 6.42 Å². The van der Waals surface area contributed by atoms with Gasteiger partial charge in [-0.2, -0.15) is 5.26 Å². The molecule has 1 N–H and O–H groups in total. The van der Waals surface area contributed by atoms with E-state index in [0.29, 0.717) is 0 Å². The van der Waals surface area contributed by atoms with Gasteiger partial charge in [0, 0.05) is 18.7 Å². The Kier molecular flexibility index (Phi) is 4.12. The van der Waals surface area contributed by atoms with Crippen molar-refractivity contribution in [1.82, 2.24) is 5.32 Å². The van der Waals surface area contributed by atoms with Gasteiger partial charge in [0.2, 0.25) is 0 Å². The van der Waals surface area contributed by atoms with Gasteiger partial charge in [-0.3, -0.25) is 0 Å². The summed E-state index contributed by atoms with van der Waals surface area (Å²) < 4.78 is 0. The van der Waals surface area contributed by atoms with Gasteiger partial charge in [0.1, 0.15) is 0 Å². The molecule has 1 rings (SSSR count). The second-order valence-electron chi connectivity index (χ2n) is 1.80. The predicted molar refractivity (Wildman–Crippen MR) is 38.4 cm³/mol. The first kappa shape index (κ1) is 8.48. The second kappa shape index (κ2) is 4.37. The molecule has 0 aromatic heterocycles. The molecule has 9 heavy (non-hydrogen) atoms. The summed E-state index contributed by atoms with van der Waals surface area (Å²) in [6.07, 6.45) is 2.83. The van der Waals surface area contributed by atoms with Gasteiger partial charge in [-0.1, -0.05) is 6.08 Å². The lowest BCUT2D eigenvalue weighted by Crippen LogP contribution is -2.19. The van der Waals surface area contributed by atoms with Gasteiger partial charge in [-0.15, -0.1) is 12.4 Å². The van der Waals surface area contributed by atoms with E-state index in [1.807, 2.05) is 6.08 Å². The Morgan fingerprint density at radius 1 is 1.67 bits per heavy atom. The van der Waals surface area contributed by atoms with Gasteiger partial charge in [-0.25, -0.2) is 0 Å². The summed E-state index contributed by atoms with van der Waals surface area (Å²) in [5.41, 5.74) is 0.920. The maximum atomic E-state index is 8.34. The minimum Gasteiger partial charge on any atom is -0.313 e. The first-order valence-electron chi connectivity index (χ1n) is 2.73. The van der Waals surface area contributed by atoms with Crippen LogP contribution in [-0.2, 0) is 0 Å². The maximum Gasteiger partial charge on any atom is 0.0944 e. The molecular formula is C6H9ClN2. The molecule has 0 radical (unpaired) electrons. The van der Waals surface area contributed by atoms with Gasteiger partial charge in [0.15, 0.2) is 0 Å². The van der Waals surface area contributed by atoms with E-state index in [9.17, 15) is 0 Å². The molecule has 0 spiro atoms. The quantitative estimate of drug-likeness (QED) is 0.547. The smallest absolute Gasteiger partial charge is 0.0944 e. The summed E-state index contributed by atoms with van der Waals surface area (Å²) in [4.78, 5) is 0. The van der Waals surface area contributed by atoms with Crippen molar-refractivity contribution < 1.29 is 0 Å². The van der Waals surface area contributed by atoms with E-state index in [-0.39, 0.29) is 12.4 Å². The topological polar surface area (TPSA) is 35.8 Å². The van der Waals surface area contributed by atoms with Crippen LogP contribution in [0.3, 0.4) is 0 Å². The van der Waals surface area contributed by atoms with E-state index in [1.54, 1.807) is 0 Å². The predicted octanol–water partition coefficient (Wildman–Crippen LogP) is 0.851. The van der Waals surface area contributed by atoms with Crippen molar-refractivity contribution in [1.29, 1.82) is 5.26 Å². The minimum absolute atomic E-state index is 0. The summed E-state index contributed by atoms with van der Waals surface area (Å²) in [6.45, 7) is 1.82. The zero-order valence-electron chi connectivity index (χ0n) is 5.05. The molecule has 0 atom stereocenters. The molecule has 1 heterocycles. The Hall–Kier alpha value is -0.520. The molecule has 0 saturated heterocycles. The summed E-state index contributed by atoms with van der Waals surface area (Å²) in [5, 5.41) is 11.5. The number of halogens is 1. The minimum atomic E-state index is 0. The van der Waals surface area contributed by atoms with Crippen LogP contribution in [0.5, 0.6) is 0 Å². The van der Waals surface area contributed by atoms with Crippen LogP contribution in [-0.4, -0.2) is 13.1 Å². The van der Waals surface area contributed by atoms with Crippen LogP contribution in [0, 0.1) is 11.3 Å². The normalized spacial score (nSPS) is 17.0. The summed E-state index contributed by atoms with van der Waals surface area (Å²) >= 11 is 0. The van der Waals surface area contributed by atoms with Crippen LogP contribution in [0.1, 0.15) is 6.42 Å². The van der Waals surface area contributed by atoms with Gasteiger partial charge < -0.3 is 5.32 Å². The van der Waals surface area contributed by atoms with Crippen molar-refractivity contribution in [3.05, 3.63) is 11.6 Å². The Morgan fingerprint density at radius 3 is 2.78 bits per heavy atom. The molecule has 1 aliphatic heterocycles. The Balaban J connectivity index is 0.000000640. The zero-order chi connectivity index (χ0) is 5.82. The highest BCUT2D eigenvalue weighted by Crippen LogP contribution is 2.00. The van der Waals surface area contributed by atoms with Crippen molar-refractivity contribution >= 4 is 12.4 Å². The highest BCUT2D eigenvalue weighted by atomic mass is 35.5. The summed E-state index contributed by atoms with van der Waals surface area (Å²) in [6, 6.07) is 2.12. The van der Waals surface area contributed by atoms with Crippen molar-refractivity contribution in [3.8, 4) is 6.07 Å². The Labute approximate surface area is 61.0 Å². The standard InChI is InChI=1S/C6H8N2.ClH/c7-5-6-1-3-8-4-2-6;/h1,8H,2-4H2;1H. The average molecular weight is 145 g/mol. The van der Waals surface area contributed by atoms with Crippen LogP contribution in [0.25, 0.3) is 0 Å². The number of nitrogens with zero attached hydrogens (tertiary/aromatic N) is 1. The van der Waals surface area contributed by atoms with E-state index in [1.165, 1.54) is 0 Å². The van der Waals surface area contributed by atoms with E-state index < -0.39 is 0 Å². The SMILES string of the molecule is Cl.N#CC1=CCNCC1. The third kappa shape index (κ3) is 2.50. The van der Waals surface area contributed by atoms with Gasteiger partial charge >= 0.3 is 0 Å². The van der Waals surface area contributed by atoms with Crippen LogP contribution in [0.4, 0.5) is 0 Å². The van der Waals surface area contributed by atoms with Gasteiger partial charge in [0.05, 0.1) is 6.07 Å². The highest BCUT2D eigenvalue weighted by molar-refractivity contribution is 5.85. The lowest BCUT2D eigenvalue weighted by molar-refractivity contribution is 0.714. The number of nitriles is 1. The molecule has 2 nitrogen and oxygen atoms in total. The first-order valence-corrected chi connectivity index (χ1v) is 2.73. The van der Waals surface area contributed by atoms with E-state index >= 15 is 0 Å². The average Bonchev–Trinajstić information content (AvgIpc) is 1.90. The van der Waals surface area contributed by atoms with E-state index in [2.05, 4.69) is 11.4 Å². The Morgan fingerprint density at radius 2 is 2.44 bits per heavy atom. The molecule has 3 heteroatoms. The summed E-state index contributed by atoms with van der Waals surface area (Å²) in [5.74, 6) is 0. The van der Waals surface area contributed by atoms with Crippen molar-refractivity contribution in [2.75, 3.05) is 13.1 Å². The molecule has 0 amide bonds. The molecule has 0 saturated carbocycles. The van der Waals surface area contributed by atoms with Crippen LogP contribution >= 0.6 is 12.4 Å². The molecule has 0 aromatic rings. The highest BCUT2D eigenvalue weighted by Gasteiger charge is 1.98. The Bertz CT molecular complexity index is 146. The van der Waals surface area contributed by atoms with Crippen molar-refractivity contribution in [3.63, 3.8) is 0 Å². The lowest BCUT2D eigenvalue weighted by Gasteiger charge is -2.06. The largest absolute Gasteiger partial charge is 0.313 e. The number of hydrogen-bond acceptors (Lipinski definition) is 2. The second-order valence-corrected chi connectivity index (χ2v) is 1.80. The molecular weight excluding hydrogens is 136 g/mol. The molecule has 50 valence electrons. The molecule has 1 aliphatic rings. The molecule has 0 fully saturated rings. The van der Waals surface area contributed by atoms with E-state index in [4.69, 9.17) is 5.26 Å². The van der Waals surface area contributed by atoms with Crippen LogP contribution in [0.15, 0.2) is 11.6 Å². The fourth-order valence-corrected chi connectivity index (χ4v) is 0.724. The van der Waals surface area contributed by atoms with E-state index in [0.717, 1.165) is 25.1 Å². The molecule has 0 aliphatic carbocycles. The molecule has 0 bridgehead atoms. The monoisotopic (exact) mass is 144 g/mol. The van der Waals surface area contributed by atoms with Crippen LogP contribution < -0.4 is 5.32 Å². The fraction of sp³-hybridized carbons (Fsp3) is 0.500. The lowest BCUT2D eigenvalue weighted by atomic mass is 10.1. The molecule has 0 unspecified atom stereocenters. The first-order chi connectivity index (χ1) is 3.93. The third-order valence-corrected chi connectivity index (χ3v) is 1.21. The maximum absolute atomic E-state index is 8.34. The van der Waals surface area contributed by atoms with Gasteiger partial charge in [0.25, 0.3) is 0 Å². The summed E-state index contributed by atoms with van der Waals surface area (Å²) in [7, 11) is 0. The third-order valence-electron chi connectivity index (χ3n) is 1.21. The number of nitrogens with one attached hydrogen (secondary N) is 1. The number of hydrogen-bond donors (Lipinski definition) is 1. The number of rotatable bonds is 0. The van der Waals surface area contributed by atoms with Crippen molar-refractivity contribution in [2.24, 2.45) is 0 Å². The fourth-order valence-electron chi connectivity index (χ4n) is 0.724.